The molecule has 0 bridgehead atoms. The van der Waals surface area contributed by atoms with Gasteiger partial charge in [-0.1, -0.05) is 47.5 Å². The van der Waals surface area contributed by atoms with Crippen molar-refractivity contribution in [3.05, 3.63) is 62.1 Å². The molecule has 0 saturated carbocycles. The molecule has 2 rings (SSSR count). The van der Waals surface area contributed by atoms with Crippen LogP contribution in [0, 0.1) is 3.57 Å². The van der Waals surface area contributed by atoms with E-state index >= 15 is 0 Å². The molecule has 0 radical (unpaired) electrons. The zero-order valence-electron chi connectivity index (χ0n) is 11.9. The van der Waals surface area contributed by atoms with Gasteiger partial charge in [-0.15, -0.1) is 0 Å². The summed E-state index contributed by atoms with van der Waals surface area (Å²) in [6, 6.07) is 15.7. The molecule has 110 valence electrons. The summed E-state index contributed by atoms with van der Waals surface area (Å²) in [4.78, 5) is 14.8. The number of carbonyl (C=O) groups is 1. The first-order valence-electron chi connectivity index (χ1n) is 6.95. The van der Waals surface area contributed by atoms with Gasteiger partial charge in [-0.05, 0) is 59.3 Å². The molecular weight excluding hydrogens is 441 g/mol. The maximum absolute atomic E-state index is 12.9. The zero-order chi connectivity index (χ0) is 15.2. The van der Waals surface area contributed by atoms with Crippen LogP contribution in [0.15, 0.2) is 53.0 Å². The molecule has 0 spiro atoms. The van der Waals surface area contributed by atoms with E-state index < -0.39 is 0 Å². The van der Waals surface area contributed by atoms with Crippen molar-refractivity contribution in [2.75, 3.05) is 11.4 Å². The third-order valence-electron chi connectivity index (χ3n) is 3.21. The predicted molar refractivity (Wildman–Crippen MR) is 99.9 cm³/mol. The van der Waals surface area contributed by atoms with Gasteiger partial charge in [-0.2, -0.15) is 0 Å². The number of para-hydroxylation sites is 1. The fourth-order valence-corrected chi connectivity index (χ4v) is 3.01. The van der Waals surface area contributed by atoms with Gasteiger partial charge in [0.1, 0.15) is 0 Å². The van der Waals surface area contributed by atoms with Crippen molar-refractivity contribution in [1.29, 1.82) is 0 Å². The summed E-state index contributed by atoms with van der Waals surface area (Å²) >= 11 is 5.66. The van der Waals surface area contributed by atoms with Crippen molar-refractivity contribution < 1.29 is 4.79 Å². The Labute approximate surface area is 147 Å². The van der Waals surface area contributed by atoms with Gasteiger partial charge in [0.2, 0.25) is 0 Å². The number of rotatable bonds is 5. The first kappa shape index (κ1) is 16.5. The maximum Gasteiger partial charge on any atom is 0.259 e. The first-order chi connectivity index (χ1) is 10.1. The largest absolute Gasteiger partial charge is 0.308 e. The molecule has 0 aliphatic rings. The fraction of sp³-hybridized carbons (Fsp3) is 0.235. The Morgan fingerprint density at radius 1 is 1.19 bits per heavy atom. The lowest BCUT2D eigenvalue weighted by atomic mass is 10.1. The third-order valence-corrected chi connectivity index (χ3v) is 4.64. The van der Waals surface area contributed by atoms with Crippen LogP contribution < -0.4 is 4.90 Å². The number of benzene rings is 2. The minimum atomic E-state index is 0.0559. The quantitative estimate of drug-likeness (QED) is 0.543. The number of anilines is 1. The van der Waals surface area contributed by atoms with E-state index in [0.29, 0.717) is 0 Å². The average molecular weight is 458 g/mol. The van der Waals surface area contributed by atoms with Crippen LogP contribution in [-0.4, -0.2) is 12.5 Å². The Morgan fingerprint density at radius 3 is 2.57 bits per heavy atom. The summed E-state index contributed by atoms with van der Waals surface area (Å²) in [5.74, 6) is 0.0559. The van der Waals surface area contributed by atoms with Crippen LogP contribution in [0.3, 0.4) is 0 Å². The molecule has 2 aromatic rings. The highest BCUT2D eigenvalue weighted by Crippen LogP contribution is 2.23. The molecule has 2 aromatic carbocycles. The van der Waals surface area contributed by atoms with E-state index in [1.165, 1.54) is 0 Å². The average Bonchev–Trinajstić information content (AvgIpc) is 2.51. The molecule has 0 unspecified atom stereocenters. The van der Waals surface area contributed by atoms with Gasteiger partial charge >= 0.3 is 0 Å². The van der Waals surface area contributed by atoms with Crippen LogP contribution >= 0.6 is 38.5 Å². The standard InChI is InChI=1S/C17H17BrINO/c1-2-3-11-20(14-7-5-4-6-8-14)17(21)15-12-13(18)9-10-16(15)19/h4-10,12H,2-3,11H2,1H3. The second kappa shape index (κ2) is 7.94. The van der Waals surface area contributed by atoms with E-state index in [1.54, 1.807) is 0 Å². The fourth-order valence-electron chi connectivity index (χ4n) is 2.08. The highest BCUT2D eigenvalue weighted by atomic mass is 127. The van der Waals surface area contributed by atoms with Gasteiger partial charge in [0.15, 0.2) is 0 Å². The zero-order valence-corrected chi connectivity index (χ0v) is 15.6. The van der Waals surface area contributed by atoms with Gasteiger partial charge in [0, 0.05) is 20.3 Å². The van der Waals surface area contributed by atoms with E-state index in [0.717, 1.165) is 38.7 Å². The molecule has 0 N–H and O–H groups in total. The van der Waals surface area contributed by atoms with Crippen LogP contribution in [0.5, 0.6) is 0 Å². The van der Waals surface area contributed by atoms with Crippen LogP contribution in [0.2, 0.25) is 0 Å². The van der Waals surface area contributed by atoms with Crippen molar-refractivity contribution in [1.82, 2.24) is 0 Å². The normalized spacial score (nSPS) is 10.4. The molecule has 0 aromatic heterocycles. The summed E-state index contributed by atoms with van der Waals surface area (Å²) in [7, 11) is 0. The lowest BCUT2D eigenvalue weighted by molar-refractivity contribution is 0.0985. The summed E-state index contributed by atoms with van der Waals surface area (Å²) < 4.78 is 1.90. The number of unbranched alkanes of at least 4 members (excludes halogenated alkanes) is 1. The molecule has 4 heteroatoms. The second-order valence-electron chi connectivity index (χ2n) is 4.77. The summed E-state index contributed by atoms with van der Waals surface area (Å²) in [6.07, 6.45) is 2.05. The van der Waals surface area contributed by atoms with Crippen LogP contribution in [0.1, 0.15) is 30.1 Å². The number of hydrogen-bond donors (Lipinski definition) is 0. The smallest absolute Gasteiger partial charge is 0.259 e. The molecule has 2 nitrogen and oxygen atoms in total. The summed E-state index contributed by atoms with van der Waals surface area (Å²) in [5.41, 5.74) is 1.69. The third kappa shape index (κ3) is 4.30. The van der Waals surface area contributed by atoms with Crippen LogP contribution in [-0.2, 0) is 0 Å². The van der Waals surface area contributed by atoms with E-state index in [9.17, 15) is 4.79 Å². The lowest BCUT2D eigenvalue weighted by Crippen LogP contribution is -2.32. The van der Waals surface area contributed by atoms with Gasteiger partial charge in [0.05, 0.1) is 5.56 Å². The maximum atomic E-state index is 12.9. The lowest BCUT2D eigenvalue weighted by Gasteiger charge is -2.23. The molecule has 0 atom stereocenters. The van der Waals surface area contributed by atoms with Crippen molar-refractivity contribution in [2.24, 2.45) is 0 Å². The molecular formula is C17H17BrINO. The first-order valence-corrected chi connectivity index (χ1v) is 8.82. The molecule has 1 amide bonds. The van der Waals surface area contributed by atoms with Crippen molar-refractivity contribution in [2.45, 2.75) is 19.8 Å². The highest BCUT2D eigenvalue weighted by Gasteiger charge is 2.19. The summed E-state index contributed by atoms with van der Waals surface area (Å²) in [6.45, 7) is 2.87. The molecule has 0 aliphatic carbocycles. The number of hydrogen-bond acceptors (Lipinski definition) is 1. The van der Waals surface area contributed by atoms with Crippen LogP contribution in [0.25, 0.3) is 0 Å². The van der Waals surface area contributed by atoms with E-state index in [2.05, 4.69) is 45.4 Å². The van der Waals surface area contributed by atoms with Crippen molar-refractivity contribution in [3.63, 3.8) is 0 Å². The van der Waals surface area contributed by atoms with Gasteiger partial charge in [-0.3, -0.25) is 4.79 Å². The molecule has 0 aliphatic heterocycles. The molecule has 0 heterocycles. The highest BCUT2D eigenvalue weighted by molar-refractivity contribution is 14.1. The van der Waals surface area contributed by atoms with E-state index in [4.69, 9.17) is 0 Å². The SMILES string of the molecule is CCCCN(C(=O)c1cc(Br)ccc1I)c1ccccc1. The second-order valence-corrected chi connectivity index (χ2v) is 6.85. The number of carbonyl (C=O) groups excluding carboxylic acids is 1. The minimum absolute atomic E-state index is 0.0559. The van der Waals surface area contributed by atoms with E-state index in [1.807, 2.05) is 53.4 Å². The number of amides is 1. The van der Waals surface area contributed by atoms with Crippen molar-refractivity contribution >= 4 is 50.1 Å². The molecule has 0 fully saturated rings. The van der Waals surface area contributed by atoms with Gasteiger partial charge in [-0.25, -0.2) is 0 Å². The Hall–Kier alpha value is -0.880. The number of halogens is 2. The monoisotopic (exact) mass is 457 g/mol. The molecule has 21 heavy (non-hydrogen) atoms. The van der Waals surface area contributed by atoms with Gasteiger partial charge in [0.25, 0.3) is 5.91 Å². The molecule has 0 saturated heterocycles. The Kier molecular flexibility index (Phi) is 6.23. The Morgan fingerprint density at radius 2 is 1.90 bits per heavy atom. The number of nitrogens with zero attached hydrogens (tertiary/aromatic N) is 1. The van der Waals surface area contributed by atoms with E-state index in [-0.39, 0.29) is 5.91 Å². The minimum Gasteiger partial charge on any atom is -0.308 e. The van der Waals surface area contributed by atoms with Gasteiger partial charge < -0.3 is 4.90 Å². The van der Waals surface area contributed by atoms with Crippen LogP contribution in [0.4, 0.5) is 5.69 Å². The van der Waals surface area contributed by atoms with Crippen molar-refractivity contribution in [3.8, 4) is 0 Å². The summed E-state index contributed by atoms with van der Waals surface area (Å²) in [5, 5.41) is 0. The predicted octanol–water partition coefficient (Wildman–Crippen LogP) is 5.50. The Balaban J connectivity index is 2.36. The Bertz CT molecular complexity index is 615. The topological polar surface area (TPSA) is 20.3 Å².